The maximum absolute atomic E-state index is 11.7. The number of aryl methyl sites for hydroxylation is 1. The Balaban J connectivity index is 2.55. The molecule has 2 N–H and O–H groups in total. The van der Waals surface area contributed by atoms with Crippen molar-refractivity contribution in [2.24, 2.45) is 0 Å². The SMILES string of the molecule is COC(=O)c1sc(-c2ccc([N+](=O)[O-])c(C)c2)c(C)c1N. The van der Waals surface area contributed by atoms with Crippen molar-refractivity contribution < 1.29 is 14.5 Å². The van der Waals surface area contributed by atoms with Gasteiger partial charge in [0.1, 0.15) is 4.88 Å². The molecule has 21 heavy (non-hydrogen) atoms. The largest absolute Gasteiger partial charge is 0.465 e. The highest BCUT2D eigenvalue weighted by atomic mass is 32.1. The zero-order valence-corrected chi connectivity index (χ0v) is 12.6. The summed E-state index contributed by atoms with van der Waals surface area (Å²) in [7, 11) is 1.30. The first-order valence-electron chi connectivity index (χ1n) is 6.09. The number of nitrogen functional groups attached to an aromatic ring is 1. The Morgan fingerprint density at radius 2 is 2.05 bits per heavy atom. The van der Waals surface area contributed by atoms with Crippen LogP contribution in [0, 0.1) is 24.0 Å². The molecule has 6 nitrogen and oxygen atoms in total. The van der Waals surface area contributed by atoms with Crippen molar-refractivity contribution >= 4 is 28.7 Å². The molecular formula is C14H14N2O4S. The molecule has 7 heteroatoms. The maximum Gasteiger partial charge on any atom is 0.350 e. The number of nitrogens with two attached hydrogens (primary N) is 1. The van der Waals surface area contributed by atoms with Crippen LogP contribution < -0.4 is 5.73 Å². The molecule has 0 fully saturated rings. The number of nitro benzene ring substituents is 1. The highest BCUT2D eigenvalue weighted by Crippen LogP contribution is 2.39. The van der Waals surface area contributed by atoms with E-state index in [2.05, 4.69) is 0 Å². The summed E-state index contributed by atoms with van der Waals surface area (Å²) < 4.78 is 4.70. The Hall–Kier alpha value is -2.41. The average Bonchev–Trinajstić information content (AvgIpc) is 2.74. The fourth-order valence-corrected chi connectivity index (χ4v) is 3.19. The van der Waals surface area contributed by atoms with Crippen LogP contribution in [0.25, 0.3) is 10.4 Å². The number of methoxy groups -OCH3 is 1. The summed E-state index contributed by atoms with van der Waals surface area (Å²) in [6.45, 7) is 3.49. The van der Waals surface area contributed by atoms with E-state index in [1.54, 1.807) is 19.1 Å². The normalized spacial score (nSPS) is 10.4. The highest BCUT2D eigenvalue weighted by Gasteiger charge is 2.21. The molecule has 1 aromatic heterocycles. The first-order valence-corrected chi connectivity index (χ1v) is 6.91. The third-order valence-electron chi connectivity index (χ3n) is 3.22. The summed E-state index contributed by atoms with van der Waals surface area (Å²) in [6.07, 6.45) is 0. The summed E-state index contributed by atoms with van der Waals surface area (Å²) in [6, 6.07) is 4.83. The molecule has 0 aliphatic rings. The third-order valence-corrected chi connectivity index (χ3v) is 4.56. The van der Waals surface area contributed by atoms with Crippen molar-refractivity contribution in [2.75, 3.05) is 12.8 Å². The van der Waals surface area contributed by atoms with Crippen LogP contribution in [0.5, 0.6) is 0 Å². The van der Waals surface area contributed by atoms with Crippen LogP contribution in [0.1, 0.15) is 20.8 Å². The number of esters is 1. The van der Waals surface area contributed by atoms with E-state index < -0.39 is 10.9 Å². The summed E-state index contributed by atoms with van der Waals surface area (Å²) in [5, 5.41) is 10.8. The number of benzene rings is 1. The lowest BCUT2D eigenvalue weighted by Crippen LogP contribution is -2.01. The molecule has 1 aromatic carbocycles. The van der Waals surface area contributed by atoms with Crippen molar-refractivity contribution in [1.29, 1.82) is 0 Å². The van der Waals surface area contributed by atoms with Crippen LogP contribution in [0.4, 0.5) is 11.4 Å². The molecule has 2 aromatic rings. The predicted molar refractivity (Wildman–Crippen MR) is 81.6 cm³/mol. The van der Waals surface area contributed by atoms with E-state index in [4.69, 9.17) is 10.5 Å². The quantitative estimate of drug-likeness (QED) is 0.533. The Bertz CT molecular complexity index is 737. The number of nitro groups is 1. The Morgan fingerprint density at radius 3 is 2.57 bits per heavy atom. The van der Waals surface area contributed by atoms with Gasteiger partial charge < -0.3 is 10.5 Å². The van der Waals surface area contributed by atoms with E-state index >= 15 is 0 Å². The van der Waals surface area contributed by atoms with E-state index in [0.29, 0.717) is 16.1 Å². The number of thiophene rings is 1. The van der Waals surface area contributed by atoms with Gasteiger partial charge in [0, 0.05) is 16.5 Å². The van der Waals surface area contributed by atoms with E-state index in [-0.39, 0.29) is 5.69 Å². The van der Waals surface area contributed by atoms with Gasteiger partial charge in [-0.3, -0.25) is 10.1 Å². The minimum Gasteiger partial charge on any atom is -0.465 e. The van der Waals surface area contributed by atoms with Gasteiger partial charge in [-0.1, -0.05) is 0 Å². The smallest absolute Gasteiger partial charge is 0.350 e. The second-order valence-electron chi connectivity index (χ2n) is 4.55. The molecule has 2 rings (SSSR count). The number of ether oxygens (including phenoxy) is 1. The fourth-order valence-electron chi connectivity index (χ4n) is 2.05. The van der Waals surface area contributed by atoms with E-state index in [0.717, 1.165) is 16.0 Å². The lowest BCUT2D eigenvalue weighted by Gasteiger charge is -2.03. The van der Waals surface area contributed by atoms with Crippen molar-refractivity contribution in [3.63, 3.8) is 0 Å². The molecule has 0 radical (unpaired) electrons. The van der Waals surface area contributed by atoms with Crippen LogP contribution in [-0.4, -0.2) is 18.0 Å². The van der Waals surface area contributed by atoms with Crippen LogP contribution in [0.15, 0.2) is 18.2 Å². The lowest BCUT2D eigenvalue weighted by atomic mass is 10.1. The Labute approximate surface area is 125 Å². The topological polar surface area (TPSA) is 95.5 Å². The lowest BCUT2D eigenvalue weighted by molar-refractivity contribution is -0.385. The molecule has 0 bridgehead atoms. The third kappa shape index (κ3) is 2.59. The first kappa shape index (κ1) is 15.0. The molecule has 0 saturated heterocycles. The van der Waals surface area contributed by atoms with Crippen LogP contribution in [-0.2, 0) is 4.74 Å². The summed E-state index contributed by atoms with van der Waals surface area (Å²) >= 11 is 1.23. The molecule has 0 saturated carbocycles. The number of nitrogens with zero attached hydrogens (tertiary/aromatic N) is 1. The minimum absolute atomic E-state index is 0.0640. The molecule has 110 valence electrons. The summed E-state index contributed by atoms with van der Waals surface area (Å²) in [5.74, 6) is -0.481. The number of hydrogen-bond acceptors (Lipinski definition) is 6. The van der Waals surface area contributed by atoms with Gasteiger partial charge in [-0.05, 0) is 37.1 Å². The van der Waals surface area contributed by atoms with Gasteiger partial charge in [-0.15, -0.1) is 11.3 Å². The zero-order chi connectivity index (χ0) is 15.7. The maximum atomic E-state index is 11.7. The molecule has 0 amide bonds. The molecule has 0 aliphatic carbocycles. The van der Waals surface area contributed by atoms with Crippen molar-refractivity contribution in [1.82, 2.24) is 0 Å². The van der Waals surface area contributed by atoms with Crippen LogP contribution >= 0.6 is 11.3 Å². The van der Waals surface area contributed by atoms with Gasteiger partial charge in [0.05, 0.1) is 17.7 Å². The Kier molecular flexibility index (Phi) is 3.95. The van der Waals surface area contributed by atoms with Crippen molar-refractivity contribution in [2.45, 2.75) is 13.8 Å². The molecule has 0 aliphatic heterocycles. The van der Waals surface area contributed by atoms with Crippen LogP contribution in [0.3, 0.4) is 0 Å². The van der Waals surface area contributed by atoms with Gasteiger partial charge in [0.15, 0.2) is 0 Å². The average molecular weight is 306 g/mol. The number of carbonyl (C=O) groups excluding carboxylic acids is 1. The molecular weight excluding hydrogens is 292 g/mol. The van der Waals surface area contributed by atoms with Crippen molar-refractivity contribution in [3.8, 4) is 10.4 Å². The van der Waals surface area contributed by atoms with Gasteiger partial charge in [0.2, 0.25) is 0 Å². The van der Waals surface area contributed by atoms with E-state index in [9.17, 15) is 14.9 Å². The predicted octanol–water partition coefficient (Wildman–Crippen LogP) is 3.31. The van der Waals surface area contributed by atoms with Crippen LogP contribution in [0.2, 0.25) is 0 Å². The summed E-state index contributed by atoms with van der Waals surface area (Å²) in [5.41, 5.74) is 8.51. The van der Waals surface area contributed by atoms with Gasteiger partial charge in [-0.25, -0.2) is 4.79 Å². The van der Waals surface area contributed by atoms with Gasteiger partial charge in [-0.2, -0.15) is 0 Å². The molecule has 0 spiro atoms. The second kappa shape index (κ2) is 5.53. The number of rotatable bonds is 3. The Morgan fingerprint density at radius 1 is 1.38 bits per heavy atom. The monoisotopic (exact) mass is 306 g/mol. The summed E-state index contributed by atoms with van der Waals surface area (Å²) in [4.78, 5) is 23.2. The van der Waals surface area contributed by atoms with E-state index in [1.165, 1.54) is 24.5 Å². The number of hydrogen-bond donors (Lipinski definition) is 1. The van der Waals surface area contributed by atoms with Gasteiger partial charge in [0.25, 0.3) is 5.69 Å². The first-order chi connectivity index (χ1) is 9.86. The fraction of sp³-hybridized carbons (Fsp3) is 0.214. The molecule has 0 atom stereocenters. The number of anilines is 1. The number of carbonyl (C=O) groups is 1. The minimum atomic E-state index is -0.481. The zero-order valence-electron chi connectivity index (χ0n) is 11.8. The highest BCUT2D eigenvalue weighted by molar-refractivity contribution is 7.18. The standard InChI is InChI=1S/C14H14N2O4S/c1-7-6-9(4-5-10(7)16(18)19)12-8(2)11(15)13(21-12)14(17)20-3/h4-6H,15H2,1-3H3. The van der Waals surface area contributed by atoms with Crippen molar-refractivity contribution in [3.05, 3.63) is 44.3 Å². The second-order valence-corrected chi connectivity index (χ2v) is 5.57. The van der Waals surface area contributed by atoms with E-state index in [1.807, 2.05) is 6.92 Å². The van der Waals surface area contributed by atoms with Gasteiger partial charge >= 0.3 is 5.97 Å². The molecule has 1 heterocycles. The molecule has 0 unspecified atom stereocenters.